The van der Waals surface area contributed by atoms with Crippen molar-refractivity contribution in [2.45, 2.75) is 6.92 Å². The fourth-order valence-corrected chi connectivity index (χ4v) is 1.19. The summed E-state index contributed by atoms with van der Waals surface area (Å²) in [5, 5.41) is 3.12. The van der Waals surface area contributed by atoms with Crippen molar-refractivity contribution in [1.29, 1.82) is 0 Å². The van der Waals surface area contributed by atoms with Crippen LogP contribution < -0.4 is 5.32 Å². The van der Waals surface area contributed by atoms with Gasteiger partial charge >= 0.3 is 0 Å². The maximum absolute atomic E-state index is 5.17. The van der Waals surface area contributed by atoms with E-state index in [4.69, 9.17) is 4.74 Å². The summed E-state index contributed by atoms with van der Waals surface area (Å²) in [4.78, 5) is 7.91. The molecule has 0 radical (unpaired) electrons. The van der Waals surface area contributed by atoms with E-state index in [1.807, 2.05) is 6.92 Å². The van der Waals surface area contributed by atoms with E-state index < -0.39 is 0 Å². The smallest absolute Gasteiger partial charge is 0.143 e. The number of ether oxygens (including phenoxy) is 1. The second kappa shape index (κ2) is 5.88. The summed E-state index contributed by atoms with van der Waals surface area (Å²) < 4.78 is 6.04. The normalized spacial score (nSPS) is 10.0. The third kappa shape index (κ3) is 3.69. The van der Waals surface area contributed by atoms with Crippen LogP contribution in [-0.4, -0.2) is 29.7 Å². The first-order valence-electron chi connectivity index (χ1n) is 4.11. The van der Waals surface area contributed by atoms with Gasteiger partial charge in [0.1, 0.15) is 12.1 Å². The molecule has 0 spiro atoms. The fourth-order valence-electron chi connectivity index (χ4n) is 0.829. The molecular formula is C8H12BrN3O. The minimum absolute atomic E-state index is 0.687. The molecule has 0 saturated carbocycles. The molecule has 0 unspecified atom stereocenters. The van der Waals surface area contributed by atoms with Crippen molar-refractivity contribution in [3.05, 3.63) is 17.0 Å². The molecule has 1 aromatic heterocycles. The van der Waals surface area contributed by atoms with Gasteiger partial charge in [-0.05, 0) is 22.9 Å². The Balaban J connectivity index is 2.32. The summed E-state index contributed by atoms with van der Waals surface area (Å²) in [6, 6.07) is 0. The van der Waals surface area contributed by atoms with E-state index >= 15 is 0 Å². The minimum Gasteiger partial charge on any atom is -0.380 e. The van der Waals surface area contributed by atoms with Gasteiger partial charge in [0.05, 0.1) is 11.1 Å². The third-order valence-electron chi connectivity index (χ3n) is 1.41. The Hall–Kier alpha value is -0.680. The van der Waals surface area contributed by atoms with E-state index in [0.717, 1.165) is 23.4 Å². The third-order valence-corrected chi connectivity index (χ3v) is 1.99. The van der Waals surface area contributed by atoms with Crippen molar-refractivity contribution in [2.24, 2.45) is 0 Å². The van der Waals surface area contributed by atoms with Gasteiger partial charge in [-0.1, -0.05) is 0 Å². The first-order valence-corrected chi connectivity index (χ1v) is 4.91. The number of hydrogen-bond acceptors (Lipinski definition) is 4. The number of aromatic nitrogens is 2. The largest absolute Gasteiger partial charge is 0.380 e. The first-order chi connectivity index (χ1) is 6.34. The van der Waals surface area contributed by atoms with E-state index in [9.17, 15) is 0 Å². The molecule has 1 N–H and O–H groups in total. The first kappa shape index (κ1) is 10.4. The van der Waals surface area contributed by atoms with Gasteiger partial charge in [-0.3, -0.25) is 0 Å². The molecule has 1 heterocycles. The fraction of sp³-hybridized carbons (Fsp3) is 0.500. The quantitative estimate of drug-likeness (QED) is 0.803. The van der Waals surface area contributed by atoms with E-state index in [-0.39, 0.29) is 0 Å². The Morgan fingerprint density at radius 2 is 2.46 bits per heavy atom. The van der Waals surface area contributed by atoms with E-state index in [1.54, 1.807) is 6.20 Å². The number of nitrogens with zero attached hydrogens (tertiary/aromatic N) is 2. The van der Waals surface area contributed by atoms with Crippen LogP contribution in [0.5, 0.6) is 0 Å². The lowest BCUT2D eigenvalue weighted by Crippen LogP contribution is -2.10. The average Bonchev–Trinajstić information content (AvgIpc) is 2.15. The van der Waals surface area contributed by atoms with E-state index in [2.05, 4.69) is 31.2 Å². The van der Waals surface area contributed by atoms with Crippen LogP contribution in [-0.2, 0) is 4.74 Å². The molecule has 13 heavy (non-hydrogen) atoms. The Morgan fingerprint density at radius 3 is 3.15 bits per heavy atom. The molecule has 0 aromatic carbocycles. The van der Waals surface area contributed by atoms with Gasteiger partial charge in [0.2, 0.25) is 0 Å². The average molecular weight is 246 g/mol. The summed E-state index contributed by atoms with van der Waals surface area (Å²) in [6.07, 6.45) is 3.21. The highest BCUT2D eigenvalue weighted by molar-refractivity contribution is 9.10. The van der Waals surface area contributed by atoms with Crippen molar-refractivity contribution in [3.8, 4) is 0 Å². The molecular weight excluding hydrogens is 234 g/mol. The van der Waals surface area contributed by atoms with Crippen LogP contribution in [0.3, 0.4) is 0 Å². The number of hydrogen-bond donors (Lipinski definition) is 1. The SMILES string of the molecule is CCOCCNc1ncncc1Br. The Bertz CT molecular complexity index is 257. The molecule has 1 aromatic rings. The second-order valence-electron chi connectivity index (χ2n) is 2.34. The predicted molar refractivity (Wildman–Crippen MR) is 54.7 cm³/mol. The zero-order valence-electron chi connectivity index (χ0n) is 7.46. The van der Waals surface area contributed by atoms with Crippen LogP contribution >= 0.6 is 15.9 Å². The monoisotopic (exact) mass is 245 g/mol. The molecule has 0 bridgehead atoms. The second-order valence-corrected chi connectivity index (χ2v) is 3.20. The van der Waals surface area contributed by atoms with Crippen LogP contribution in [0, 0.1) is 0 Å². The van der Waals surface area contributed by atoms with Gasteiger partial charge in [-0.15, -0.1) is 0 Å². The van der Waals surface area contributed by atoms with Crippen LogP contribution in [0.15, 0.2) is 17.0 Å². The maximum Gasteiger partial charge on any atom is 0.143 e. The highest BCUT2D eigenvalue weighted by atomic mass is 79.9. The summed E-state index contributed by atoms with van der Waals surface area (Å²) >= 11 is 3.34. The summed E-state index contributed by atoms with van der Waals surface area (Å²) in [7, 11) is 0. The zero-order valence-corrected chi connectivity index (χ0v) is 9.04. The van der Waals surface area contributed by atoms with Crippen molar-refractivity contribution < 1.29 is 4.74 Å². The van der Waals surface area contributed by atoms with Gasteiger partial charge in [-0.25, -0.2) is 9.97 Å². The van der Waals surface area contributed by atoms with Crippen LogP contribution in [0.1, 0.15) is 6.92 Å². The van der Waals surface area contributed by atoms with Crippen LogP contribution in [0.4, 0.5) is 5.82 Å². The molecule has 1 rings (SSSR count). The summed E-state index contributed by atoms with van der Waals surface area (Å²) in [5.41, 5.74) is 0. The molecule has 0 saturated heterocycles. The number of rotatable bonds is 5. The Labute approximate surface area is 85.9 Å². The molecule has 0 amide bonds. The minimum atomic E-state index is 0.687. The van der Waals surface area contributed by atoms with Crippen LogP contribution in [0.25, 0.3) is 0 Å². The van der Waals surface area contributed by atoms with Gasteiger partial charge in [0.15, 0.2) is 0 Å². The molecule has 0 aliphatic heterocycles. The molecule has 0 aliphatic carbocycles. The van der Waals surface area contributed by atoms with Crippen molar-refractivity contribution in [3.63, 3.8) is 0 Å². The topological polar surface area (TPSA) is 47.0 Å². The Kier molecular flexibility index (Phi) is 4.70. The van der Waals surface area contributed by atoms with Crippen molar-refractivity contribution >= 4 is 21.7 Å². The van der Waals surface area contributed by atoms with Crippen LogP contribution in [0.2, 0.25) is 0 Å². The molecule has 5 heteroatoms. The summed E-state index contributed by atoms with van der Waals surface area (Å²) in [6.45, 7) is 4.16. The Morgan fingerprint density at radius 1 is 1.62 bits per heavy atom. The van der Waals surface area contributed by atoms with E-state index in [0.29, 0.717) is 6.61 Å². The molecule has 4 nitrogen and oxygen atoms in total. The molecule has 0 aliphatic rings. The lowest BCUT2D eigenvalue weighted by atomic mass is 10.5. The highest BCUT2D eigenvalue weighted by Gasteiger charge is 1.97. The summed E-state index contributed by atoms with van der Waals surface area (Å²) in [5.74, 6) is 0.801. The van der Waals surface area contributed by atoms with Gasteiger partial charge in [0.25, 0.3) is 0 Å². The zero-order chi connectivity index (χ0) is 9.52. The number of anilines is 1. The standard InChI is InChI=1S/C8H12BrN3O/c1-2-13-4-3-11-8-7(9)5-10-6-12-8/h5-6H,2-4H2,1H3,(H,10,11,12). The van der Waals surface area contributed by atoms with Crippen molar-refractivity contribution in [2.75, 3.05) is 25.1 Å². The molecule has 0 atom stereocenters. The lowest BCUT2D eigenvalue weighted by molar-refractivity contribution is 0.158. The van der Waals surface area contributed by atoms with Gasteiger partial charge in [-0.2, -0.15) is 0 Å². The van der Waals surface area contributed by atoms with Crippen molar-refractivity contribution in [1.82, 2.24) is 9.97 Å². The predicted octanol–water partition coefficient (Wildman–Crippen LogP) is 1.69. The van der Waals surface area contributed by atoms with Gasteiger partial charge in [0, 0.05) is 19.3 Å². The number of nitrogens with one attached hydrogen (secondary N) is 1. The highest BCUT2D eigenvalue weighted by Crippen LogP contribution is 2.16. The van der Waals surface area contributed by atoms with Gasteiger partial charge < -0.3 is 10.1 Å². The molecule has 72 valence electrons. The maximum atomic E-state index is 5.17. The molecule has 0 fully saturated rings. The lowest BCUT2D eigenvalue weighted by Gasteiger charge is -2.05. The number of halogens is 1. The van der Waals surface area contributed by atoms with E-state index in [1.165, 1.54) is 6.33 Å².